The van der Waals surface area contributed by atoms with Crippen LogP contribution in [-0.4, -0.2) is 40.1 Å². The molecular weight excluding hydrogens is 372 g/mol. The Morgan fingerprint density at radius 1 is 1.14 bits per heavy atom. The summed E-state index contributed by atoms with van der Waals surface area (Å²) in [5, 5.41) is 12.4. The van der Waals surface area contributed by atoms with Crippen molar-refractivity contribution >= 4 is 17.7 Å². The Hall–Kier alpha value is -2.80. The van der Waals surface area contributed by atoms with E-state index in [9.17, 15) is 4.79 Å². The van der Waals surface area contributed by atoms with Gasteiger partial charge in [0.1, 0.15) is 5.75 Å². The Morgan fingerprint density at radius 2 is 1.89 bits per heavy atom. The molecule has 1 aliphatic rings. The van der Waals surface area contributed by atoms with E-state index in [0.29, 0.717) is 16.8 Å². The summed E-state index contributed by atoms with van der Waals surface area (Å²) in [7, 11) is 1.64. The normalized spacial score (nSPS) is 13.3. The maximum Gasteiger partial charge on any atom is 0.230 e. The molecule has 1 amide bonds. The van der Waals surface area contributed by atoms with Crippen LogP contribution in [0.3, 0.4) is 0 Å². The number of thioether (sulfide) groups is 1. The van der Waals surface area contributed by atoms with E-state index in [2.05, 4.69) is 15.5 Å². The highest BCUT2D eigenvalue weighted by atomic mass is 32.2. The second-order valence-corrected chi connectivity index (χ2v) is 7.68. The van der Waals surface area contributed by atoms with Crippen LogP contribution in [0.1, 0.15) is 12.8 Å². The Morgan fingerprint density at radius 3 is 2.57 bits per heavy atom. The molecule has 1 aromatic heterocycles. The summed E-state index contributed by atoms with van der Waals surface area (Å²) in [5.74, 6) is 2.54. The maximum absolute atomic E-state index is 12.2. The average Bonchev–Trinajstić information content (AvgIpc) is 3.48. The van der Waals surface area contributed by atoms with Gasteiger partial charge in [-0.1, -0.05) is 42.1 Å². The van der Waals surface area contributed by atoms with Crippen LogP contribution in [-0.2, 0) is 4.79 Å². The molecule has 1 N–H and O–H groups in total. The van der Waals surface area contributed by atoms with Gasteiger partial charge < -0.3 is 10.1 Å². The molecule has 28 heavy (non-hydrogen) atoms. The lowest BCUT2D eigenvalue weighted by Gasteiger charge is -2.11. The maximum atomic E-state index is 12.2. The van der Waals surface area contributed by atoms with Crippen LogP contribution in [0.15, 0.2) is 59.8 Å². The minimum atomic E-state index is 0.0300. The van der Waals surface area contributed by atoms with E-state index < -0.39 is 0 Å². The van der Waals surface area contributed by atoms with Crippen LogP contribution >= 0.6 is 11.8 Å². The van der Waals surface area contributed by atoms with Gasteiger partial charge >= 0.3 is 0 Å². The number of hydrogen-bond acceptors (Lipinski definition) is 5. The van der Waals surface area contributed by atoms with Crippen molar-refractivity contribution in [2.24, 2.45) is 5.92 Å². The molecule has 3 aromatic rings. The minimum Gasteiger partial charge on any atom is -0.497 e. The molecular formula is C21H22N4O2S. The lowest BCUT2D eigenvalue weighted by molar-refractivity contribution is -0.118. The summed E-state index contributed by atoms with van der Waals surface area (Å²) in [6.07, 6.45) is 2.44. The molecule has 2 aromatic carbocycles. The zero-order valence-electron chi connectivity index (χ0n) is 15.7. The first-order valence-corrected chi connectivity index (χ1v) is 10.3. The van der Waals surface area contributed by atoms with Gasteiger partial charge in [0.2, 0.25) is 5.91 Å². The predicted molar refractivity (Wildman–Crippen MR) is 110 cm³/mol. The fourth-order valence-electron chi connectivity index (χ4n) is 2.86. The molecule has 1 saturated carbocycles. The van der Waals surface area contributed by atoms with Crippen LogP contribution in [0.4, 0.5) is 0 Å². The molecule has 0 unspecified atom stereocenters. The van der Waals surface area contributed by atoms with E-state index in [-0.39, 0.29) is 5.91 Å². The molecule has 1 aliphatic carbocycles. The molecule has 0 radical (unpaired) electrons. The summed E-state index contributed by atoms with van der Waals surface area (Å²) in [6.45, 7) is 0.778. The van der Waals surface area contributed by atoms with Gasteiger partial charge in [0.25, 0.3) is 0 Å². The van der Waals surface area contributed by atoms with Gasteiger partial charge in [-0.2, -0.15) is 0 Å². The first kappa shape index (κ1) is 18.6. The number of rotatable bonds is 8. The third-order valence-electron chi connectivity index (χ3n) is 4.61. The van der Waals surface area contributed by atoms with Gasteiger partial charge in [-0.25, -0.2) is 0 Å². The molecule has 0 atom stereocenters. The second kappa shape index (κ2) is 8.48. The number of methoxy groups -OCH3 is 1. The quantitative estimate of drug-likeness (QED) is 0.592. The van der Waals surface area contributed by atoms with Crippen LogP contribution in [0.5, 0.6) is 5.75 Å². The predicted octanol–water partition coefficient (Wildman–Crippen LogP) is 3.56. The molecule has 6 nitrogen and oxygen atoms in total. The van der Waals surface area contributed by atoms with E-state index in [4.69, 9.17) is 4.74 Å². The lowest BCUT2D eigenvalue weighted by Crippen LogP contribution is -2.27. The fourth-order valence-corrected chi connectivity index (χ4v) is 3.64. The molecule has 0 saturated heterocycles. The molecule has 0 aliphatic heterocycles. The number of benzene rings is 2. The molecule has 1 fully saturated rings. The van der Waals surface area contributed by atoms with Gasteiger partial charge in [-0.05, 0) is 43.0 Å². The number of ether oxygens (including phenoxy) is 1. The van der Waals surface area contributed by atoms with Crippen LogP contribution < -0.4 is 10.1 Å². The first-order chi connectivity index (χ1) is 13.7. The summed E-state index contributed by atoms with van der Waals surface area (Å²) in [4.78, 5) is 12.2. The van der Waals surface area contributed by atoms with Crippen molar-refractivity contribution < 1.29 is 9.53 Å². The molecule has 4 rings (SSSR count). The summed E-state index contributed by atoms with van der Waals surface area (Å²) < 4.78 is 7.24. The highest BCUT2D eigenvalue weighted by molar-refractivity contribution is 7.99. The topological polar surface area (TPSA) is 69.0 Å². The van der Waals surface area contributed by atoms with Gasteiger partial charge in [0.15, 0.2) is 11.0 Å². The molecule has 0 spiro atoms. The van der Waals surface area contributed by atoms with E-state index in [0.717, 1.165) is 29.4 Å². The van der Waals surface area contributed by atoms with Crippen molar-refractivity contribution in [1.82, 2.24) is 20.1 Å². The number of carbonyl (C=O) groups is 1. The van der Waals surface area contributed by atoms with Crippen molar-refractivity contribution in [3.63, 3.8) is 0 Å². The lowest BCUT2D eigenvalue weighted by atomic mass is 10.2. The zero-order chi connectivity index (χ0) is 19.3. The van der Waals surface area contributed by atoms with Crippen LogP contribution in [0.25, 0.3) is 17.1 Å². The Labute approximate surface area is 168 Å². The van der Waals surface area contributed by atoms with Gasteiger partial charge in [-0.3, -0.25) is 9.36 Å². The number of carbonyl (C=O) groups excluding carboxylic acids is 1. The fraction of sp³-hybridized carbons (Fsp3) is 0.286. The highest BCUT2D eigenvalue weighted by Gasteiger charge is 2.22. The molecule has 7 heteroatoms. The van der Waals surface area contributed by atoms with Crippen LogP contribution in [0.2, 0.25) is 0 Å². The molecule has 1 heterocycles. The summed E-state index contributed by atoms with van der Waals surface area (Å²) >= 11 is 1.39. The number of aromatic nitrogens is 3. The Kier molecular flexibility index (Phi) is 5.62. The minimum absolute atomic E-state index is 0.0300. The van der Waals surface area contributed by atoms with E-state index in [1.165, 1.54) is 24.6 Å². The van der Waals surface area contributed by atoms with Crippen molar-refractivity contribution in [1.29, 1.82) is 0 Å². The zero-order valence-corrected chi connectivity index (χ0v) is 16.5. The monoisotopic (exact) mass is 394 g/mol. The summed E-state index contributed by atoms with van der Waals surface area (Å²) in [6, 6.07) is 17.7. The number of amides is 1. The second-order valence-electron chi connectivity index (χ2n) is 6.74. The number of nitrogens with one attached hydrogen (secondary N) is 1. The number of hydrogen-bond donors (Lipinski definition) is 1. The van der Waals surface area contributed by atoms with Crippen molar-refractivity contribution in [2.45, 2.75) is 18.0 Å². The standard InChI is InChI=1S/C21H22N4O2S/c1-27-18-11-9-17(10-12-18)25-20(16-5-3-2-4-6-16)23-24-21(25)28-14-19(26)22-13-15-7-8-15/h2-6,9-12,15H,7-8,13-14H2,1H3,(H,22,26). The van der Waals surface area contributed by atoms with Gasteiger partial charge in [0.05, 0.1) is 12.9 Å². The third kappa shape index (κ3) is 4.36. The van der Waals surface area contributed by atoms with E-state index in [1.54, 1.807) is 7.11 Å². The number of nitrogens with zero attached hydrogens (tertiary/aromatic N) is 3. The SMILES string of the molecule is COc1ccc(-n2c(SCC(=O)NCC3CC3)nnc2-c2ccccc2)cc1. The Bertz CT molecular complexity index is 937. The molecule has 144 valence electrons. The van der Waals surface area contributed by atoms with Crippen molar-refractivity contribution in [2.75, 3.05) is 19.4 Å². The average molecular weight is 395 g/mol. The molecule has 0 bridgehead atoms. The van der Waals surface area contributed by atoms with Crippen molar-refractivity contribution in [3.8, 4) is 22.8 Å². The van der Waals surface area contributed by atoms with E-state index in [1.807, 2.05) is 59.2 Å². The van der Waals surface area contributed by atoms with E-state index >= 15 is 0 Å². The van der Waals surface area contributed by atoms with Gasteiger partial charge in [0, 0.05) is 17.8 Å². The highest BCUT2D eigenvalue weighted by Crippen LogP contribution is 2.29. The first-order valence-electron chi connectivity index (χ1n) is 9.29. The third-order valence-corrected chi connectivity index (χ3v) is 5.54. The largest absolute Gasteiger partial charge is 0.497 e. The smallest absolute Gasteiger partial charge is 0.230 e. The van der Waals surface area contributed by atoms with Crippen molar-refractivity contribution in [3.05, 3.63) is 54.6 Å². The van der Waals surface area contributed by atoms with Crippen LogP contribution in [0, 0.1) is 5.92 Å². The Balaban J connectivity index is 1.59. The summed E-state index contributed by atoms with van der Waals surface area (Å²) in [5.41, 5.74) is 1.89. The van der Waals surface area contributed by atoms with Gasteiger partial charge in [-0.15, -0.1) is 10.2 Å².